The maximum Gasteiger partial charge on any atom is 0.340 e. The van der Waals surface area contributed by atoms with Crippen molar-refractivity contribution in [2.75, 3.05) is 39.8 Å². The summed E-state index contributed by atoms with van der Waals surface area (Å²) in [4.78, 5) is 44.1. The summed E-state index contributed by atoms with van der Waals surface area (Å²) in [6, 6.07) is 2.46. The van der Waals surface area contributed by atoms with Crippen LogP contribution in [0.5, 0.6) is 0 Å². The number of H-pyrrole nitrogens is 1. The number of halogens is 1. The zero-order valence-electron chi connectivity index (χ0n) is 18.3. The number of rotatable bonds is 4. The molecule has 0 spiro atoms. The van der Waals surface area contributed by atoms with Gasteiger partial charge in [-0.25, -0.2) is 14.0 Å². The molecule has 32 heavy (non-hydrogen) atoms. The van der Waals surface area contributed by atoms with Crippen molar-refractivity contribution in [3.05, 3.63) is 34.0 Å². The number of fused-ring (bicyclic) bond motifs is 2. The number of hydrogen-bond acceptors (Lipinski definition) is 5. The number of carbonyl (C=O) groups is 2. The SMILES string of the molecule is COC(=O)c1cc2[nH]c(=O)n(C3CCN(CC(=O)N4C[C@H]5CCC[C@H]5C4)CC3)c2cc1F. The van der Waals surface area contributed by atoms with Crippen LogP contribution in [0.4, 0.5) is 4.39 Å². The van der Waals surface area contributed by atoms with Gasteiger partial charge in [0.25, 0.3) is 0 Å². The fourth-order valence-corrected chi connectivity index (χ4v) is 5.84. The van der Waals surface area contributed by atoms with Gasteiger partial charge in [-0.2, -0.15) is 0 Å². The molecule has 172 valence electrons. The summed E-state index contributed by atoms with van der Waals surface area (Å²) in [5.74, 6) is 0.102. The summed E-state index contributed by atoms with van der Waals surface area (Å²) < 4.78 is 20.7. The number of aromatic nitrogens is 2. The van der Waals surface area contributed by atoms with Crippen LogP contribution in [-0.2, 0) is 9.53 Å². The normalized spacial score (nSPS) is 24.2. The first-order valence-corrected chi connectivity index (χ1v) is 11.5. The molecule has 1 amide bonds. The maximum absolute atomic E-state index is 14.5. The van der Waals surface area contributed by atoms with Crippen LogP contribution in [0.3, 0.4) is 0 Å². The van der Waals surface area contributed by atoms with E-state index in [1.807, 2.05) is 4.90 Å². The van der Waals surface area contributed by atoms with Gasteiger partial charge in [0.05, 0.1) is 30.3 Å². The van der Waals surface area contributed by atoms with Crippen molar-refractivity contribution in [3.8, 4) is 0 Å². The average Bonchev–Trinajstić information content (AvgIpc) is 3.46. The smallest absolute Gasteiger partial charge is 0.340 e. The number of benzene rings is 1. The number of methoxy groups -OCH3 is 1. The maximum atomic E-state index is 14.5. The largest absolute Gasteiger partial charge is 0.465 e. The molecule has 3 heterocycles. The Morgan fingerprint density at radius 2 is 1.81 bits per heavy atom. The third-order valence-electron chi connectivity index (χ3n) is 7.57. The van der Waals surface area contributed by atoms with E-state index in [1.165, 1.54) is 38.5 Å². The van der Waals surface area contributed by atoms with Crippen molar-refractivity contribution in [3.63, 3.8) is 0 Å². The third-order valence-corrected chi connectivity index (χ3v) is 7.57. The highest BCUT2D eigenvalue weighted by Gasteiger charge is 2.38. The predicted molar refractivity (Wildman–Crippen MR) is 116 cm³/mol. The number of imidazole rings is 1. The molecule has 1 aromatic heterocycles. The third kappa shape index (κ3) is 3.72. The quantitative estimate of drug-likeness (QED) is 0.731. The van der Waals surface area contributed by atoms with Gasteiger partial charge in [0, 0.05) is 38.3 Å². The van der Waals surface area contributed by atoms with Crippen LogP contribution < -0.4 is 5.69 Å². The second kappa shape index (κ2) is 8.35. The molecule has 1 aromatic carbocycles. The lowest BCUT2D eigenvalue weighted by molar-refractivity contribution is -0.132. The van der Waals surface area contributed by atoms with Crippen LogP contribution in [0.15, 0.2) is 16.9 Å². The minimum Gasteiger partial charge on any atom is -0.465 e. The molecule has 2 aliphatic heterocycles. The number of esters is 1. The van der Waals surface area contributed by atoms with Crippen LogP contribution in [0.25, 0.3) is 11.0 Å². The van der Waals surface area contributed by atoms with Crippen LogP contribution >= 0.6 is 0 Å². The molecule has 5 rings (SSSR count). The van der Waals surface area contributed by atoms with Gasteiger partial charge >= 0.3 is 11.7 Å². The lowest BCUT2D eigenvalue weighted by Gasteiger charge is -2.33. The average molecular weight is 445 g/mol. The summed E-state index contributed by atoms with van der Waals surface area (Å²) in [6.45, 7) is 3.65. The first-order chi connectivity index (χ1) is 15.4. The number of carbonyl (C=O) groups excluding carboxylic acids is 2. The Morgan fingerprint density at radius 3 is 2.47 bits per heavy atom. The first kappa shape index (κ1) is 21.2. The van der Waals surface area contributed by atoms with E-state index in [0.717, 1.165) is 13.1 Å². The number of ether oxygens (including phenoxy) is 1. The van der Waals surface area contributed by atoms with Crippen molar-refractivity contribution in [1.82, 2.24) is 19.4 Å². The highest BCUT2D eigenvalue weighted by atomic mass is 19.1. The Kier molecular flexibility index (Phi) is 5.53. The second-order valence-electron chi connectivity index (χ2n) is 9.40. The summed E-state index contributed by atoms with van der Waals surface area (Å²) in [7, 11) is 1.19. The summed E-state index contributed by atoms with van der Waals surface area (Å²) in [6.07, 6.45) is 5.20. The molecular weight excluding hydrogens is 415 g/mol. The molecule has 1 saturated carbocycles. The standard InChI is InChI=1S/C23H29FN4O4/c1-32-22(30)17-9-19-20(10-18(17)24)28(23(31)25-19)16-5-7-26(8-6-16)13-21(29)27-11-14-3-2-4-15(14)12-27/h9-10,14-16H,2-8,11-13H2,1H3,(H,25,31)/t14-,15+. The minimum atomic E-state index is -0.780. The van der Waals surface area contributed by atoms with Gasteiger partial charge in [0.15, 0.2) is 0 Å². The zero-order chi connectivity index (χ0) is 22.4. The van der Waals surface area contributed by atoms with Crippen LogP contribution in [0.2, 0.25) is 0 Å². The van der Waals surface area contributed by atoms with Crippen molar-refractivity contribution < 1.29 is 18.7 Å². The number of aromatic amines is 1. The van der Waals surface area contributed by atoms with Gasteiger partial charge < -0.3 is 14.6 Å². The number of nitrogens with zero attached hydrogens (tertiary/aromatic N) is 3. The van der Waals surface area contributed by atoms with E-state index in [4.69, 9.17) is 0 Å². The van der Waals surface area contributed by atoms with Crippen LogP contribution in [0, 0.1) is 17.7 Å². The van der Waals surface area contributed by atoms with Crippen LogP contribution in [-0.4, -0.2) is 71.1 Å². The van der Waals surface area contributed by atoms with Crippen molar-refractivity contribution >= 4 is 22.9 Å². The zero-order valence-corrected chi connectivity index (χ0v) is 18.3. The second-order valence-corrected chi connectivity index (χ2v) is 9.40. The molecule has 0 unspecified atom stereocenters. The summed E-state index contributed by atoms with van der Waals surface area (Å²) >= 11 is 0. The lowest BCUT2D eigenvalue weighted by Crippen LogP contribution is -2.44. The van der Waals surface area contributed by atoms with Crippen molar-refractivity contribution in [2.24, 2.45) is 11.8 Å². The fraction of sp³-hybridized carbons (Fsp3) is 0.609. The van der Waals surface area contributed by atoms with Crippen molar-refractivity contribution in [2.45, 2.75) is 38.1 Å². The number of hydrogen-bond donors (Lipinski definition) is 1. The topological polar surface area (TPSA) is 87.6 Å². The summed E-state index contributed by atoms with van der Waals surface area (Å²) in [5, 5.41) is 0. The molecule has 2 atom stereocenters. The fourth-order valence-electron chi connectivity index (χ4n) is 5.84. The number of nitrogens with one attached hydrogen (secondary N) is 1. The van der Waals surface area contributed by atoms with E-state index in [0.29, 0.717) is 55.3 Å². The number of amides is 1. The molecule has 2 aromatic rings. The van der Waals surface area contributed by atoms with E-state index in [9.17, 15) is 18.8 Å². The van der Waals surface area contributed by atoms with E-state index >= 15 is 0 Å². The highest BCUT2D eigenvalue weighted by Crippen LogP contribution is 2.37. The first-order valence-electron chi connectivity index (χ1n) is 11.5. The van der Waals surface area contributed by atoms with Gasteiger partial charge in [0.2, 0.25) is 5.91 Å². The predicted octanol–water partition coefficient (Wildman–Crippen LogP) is 2.15. The summed E-state index contributed by atoms with van der Waals surface area (Å²) in [5.41, 5.74) is 0.333. The van der Waals surface area contributed by atoms with Gasteiger partial charge in [-0.05, 0) is 43.6 Å². The molecule has 8 nitrogen and oxygen atoms in total. The molecule has 3 fully saturated rings. The van der Waals surface area contributed by atoms with E-state index in [-0.39, 0.29) is 23.2 Å². The monoisotopic (exact) mass is 444 g/mol. The van der Waals surface area contributed by atoms with Gasteiger partial charge in [-0.15, -0.1) is 0 Å². The Morgan fingerprint density at radius 1 is 1.12 bits per heavy atom. The molecule has 9 heteroatoms. The van der Waals surface area contributed by atoms with E-state index < -0.39 is 11.8 Å². The molecule has 0 radical (unpaired) electrons. The van der Waals surface area contributed by atoms with Crippen molar-refractivity contribution in [1.29, 1.82) is 0 Å². The Bertz CT molecular complexity index is 1090. The number of likely N-dealkylation sites (tertiary alicyclic amines) is 2. The Labute approximate surface area is 185 Å². The molecule has 3 aliphatic rings. The molecule has 1 N–H and O–H groups in total. The Hall–Kier alpha value is -2.68. The Balaban J connectivity index is 1.25. The molecule has 0 bridgehead atoms. The molecule has 2 saturated heterocycles. The minimum absolute atomic E-state index is 0.0860. The number of piperidine rings is 1. The molecule has 1 aliphatic carbocycles. The lowest BCUT2D eigenvalue weighted by atomic mass is 10.0. The van der Waals surface area contributed by atoms with E-state index in [1.54, 1.807) is 4.57 Å². The van der Waals surface area contributed by atoms with Gasteiger partial charge in [-0.1, -0.05) is 6.42 Å². The van der Waals surface area contributed by atoms with Gasteiger partial charge in [0.1, 0.15) is 5.82 Å². The van der Waals surface area contributed by atoms with E-state index in [2.05, 4.69) is 14.6 Å². The molecular formula is C23H29FN4O4. The van der Waals surface area contributed by atoms with Gasteiger partial charge in [-0.3, -0.25) is 14.3 Å². The van der Waals surface area contributed by atoms with Crippen LogP contribution in [0.1, 0.15) is 48.5 Å². The highest BCUT2D eigenvalue weighted by molar-refractivity contribution is 5.94.